The topological polar surface area (TPSA) is 299 Å². The van der Waals surface area contributed by atoms with E-state index in [9.17, 15) is 47.3 Å². The number of aliphatic hydroxyl groups excluding tert-OH is 1. The summed E-state index contributed by atoms with van der Waals surface area (Å²) in [6.07, 6.45) is 0. The monoisotopic (exact) mass is 740 g/mol. The minimum atomic E-state index is -4.76. The second kappa shape index (κ2) is 20.2. The molecule has 0 aliphatic heterocycles. The summed E-state index contributed by atoms with van der Waals surface area (Å²) in [5.41, 5.74) is -0.997. The van der Waals surface area contributed by atoms with Gasteiger partial charge in [-0.1, -0.05) is 0 Å². The van der Waals surface area contributed by atoms with E-state index in [0.29, 0.717) is 0 Å². The summed E-state index contributed by atoms with van der Waals surface area (Å²) in [7, 11) is -23.1. The molecule has 21 nitrogen and oxygen atoms in total. The summed E-state index contributed by atoms with van der Waals surface area (Å²) in [4.78, 5) is 47.5. The van der Waals surface area contributed by atoms with Crippen LogP contribution in [-0.2, 0) is 68.1 Å². The third-order valence-corrected chi connectivity index (χ3v) is 9.53. The average molecular weight is 740 g/mol. The van der Waals surface area contributed by atoms with Gasteiger partial charge in [-0.2, -0.15) is 0 Å². The Labute approximate surface area is 246 Å². The predicted molar refractivity (Wildman–Crippen MR) is 143 cm³/mol. The van der Waals surface area contributed by atoms with Crippen LogP contribution >= 0.6 is 50.9 Å². The Morgan fingerprint density at radius 3 is 1.02 bits per heavy atom. The molecule has 0 amide bonds. The van der Waals surface area contributed by atoms with Crippen molar-refractivity contribution < 1.29 is 97.6 Å². The summed E-state index contributed by atoms with van der Waals surface area (Å²) in [5, 5.41) is 8.60. The fraction of sp³-hybridized carbons (Fsp3) is 1.00. The molecule has 5 atom stereocenters. The highest BCUT2D eigenvalue weighted by molar-refractivity contribution is 7.99. The Kier molecular flexibility index (Phi) is 20.6. The largest absolute Gasteiger partial charge is 0.473 e. The molecule has 0 aromatic rings. The van der Waals surface area contributed by atoms with Gasteiger partial charge in [-0.25, -0.2) is 22.8 Å². The van der Waals surface area contributed by atoms with Crippen LogP contribution in [-0.4, -0.2) is 106 Å². The molecule has 0 fully saturated rings. The van der Waals surface area contributed by atoms with Crippen molar-refractivity contribution in [3.05, 3.63) is 0 Å². The molecule has 0 heterocycles. The molecule has 0 rings (SSSR count). The maximum atomic E-state index is 11.8. The molecule has 0 saturated heterocycles. The smallest absolute Gasteiger partial charge is 0.396 e. The molecule has 0 aliphatic rings. The van der Waals surface area contributed by atoms with Crippen molar-refractivity contribution in [3.63, 3.8) is 0 Å². The lowest BCUT2D eigenvalue weighted by Gasteiger charge is -2.22. The summed E-state index contributed by atoms with van der Waals surface area (Å²) in [5.74, 6) is 0.0137. The number of phosphoric acid groups is 5. The molecular weight excluding hydrogens is 703 g/mol. The van der Waals surface area contributed by atoms with Crippen molar-refractivity contribution in [2.45, 2.75) is 26.4 Å². The minimum absolute atomic E-state index is 0.161. The summed E-state index contributed by atoms with van der Waals surface area (Å²) >= 11 is 1.02. The number of hydrogen-bond acceptors (Lipinski definition) is 17. The van der Waals surface area contributed by atoms with Gasteiger partial charge in [0, 0.05) is 5.75 Å². The van der Waals surface area contributed by atoms with Crippen LogP contribution in [0, 0.1) is 0 Å². The van der Waals surface area contributed by atoms with Crippen LogP contribution in [0.3, 0.4) is 0 Å². The van der Waals surface area contributed by atoms with Crippen molar-refractivity contribution in [2.75, 3.05) is 71.2 Å². The molecule has 42 heavy (non-hydrogen) atoms. The van der Waals surface area contributed by atoms with E-state index in [0.717, 1.165) is 11.8 Å². The highest BCUT2D eigenvalue weighted by Gasteiger charge is 2.30. The van der Waals surface area contributed by atoms with Gasteiger partial charge in [-0.15, -0.1) is 11.8 Å². The Morgan fingerprint density at radius 2 is 0.762 bits per heavy atom. The second-order valence-electron chi connectivity index (χ2n) is 8.09. The minimum Gasteiger partial charge on any atom is -0.396 e. The Bertz CT molecular complexity index is 1010. The summed E-state index contributed by atoms with van der Waals surface area (Å²) in [6, 6.07) is 0. The van der Waals surface area contributed by atoms with Gasteiger partial charge in [0.15, 0.2) is 0 Å². The summed E-state index contributed by atoms with van der Waals surface area (Å²) in [6.45, 7) is -1.20. The van der Waals surface area contributed by atoms with Gasteiger partial charge in [0.2, 0.25) is 0 Å². The molecule has 0 bridgehead atoms. The first kappa shape index (κ1) is 42.9. The van der Waals surface area contributed by atoms with Crippen LogP contribution < -0.4 is 0 Å². The first-order chi connectivity index (χ1) is 19.1. The number of phosphoric ester groups is 5. The zero-order chi connectivity index (χ0) is 32.6. The third-order valence-electron chi connectivity index (χ3n) is 3.29. The summed E-state index contributed by atoms with van der Waals surface area (Å²) < 4.78 is 104. The van der Waals surface area contributed by atoms with Gasteiger partial charge in [0.25, 0.3) is 0 Å². The lowest BCUT2D eigenvalue weighted by Crippen LogP contribution is -2.18. The highest BCUT2D eigenvalue weighted by atomic mass is 32.2. The van der Waals surface area contributed by atoms with Crippen molar-refractivity contribution in [1.82, 2.24) is 0 Å². The standard InChI is InChI=1S/C15H37O21P5S/c1-15(2,3)36-41(25,26)34-12-11-32-39(21,22)30-8-7-28-37(17,18)27-5-6-29-38(19,20)31-9-10-33-40(23,24)35-14-42-13-4-16/h16H,4-14H2,1-3H3,(H,17,18)(H,19,20)(H,21,22)(H,23,24)(H,25,26). The van der Waals surface area contributed by atoms with Crippen molar-refractivity contribution >= 4 is 50.9 Å². The van der Waals surface area contributed by atoms with Gasteiger partial charge < -0.3 is 29.6 Å². The van der Waals surface area contributed by atoms with Gasteiger partial charge in [-0.05, 0) is 20.8 Å². The van der Waals surface area contributed by atoms with Gasteiger partial charge in [0.05, 0.1) is 65.1 Å². The predicted octanol–water partition coefficient (Wildman–Crippen LogP) is 2.14. The molecule has 0 saturated carbocycles. The molecule has 254 valence electrons. The highest BCUT2D eigenvalue weighted by Crippen LogP contribution is 2.49. The quantitative estimate of drug-likeness (QED) is 0.0420. The fourth-order valence-corrected chi connectivity index (χ4v) is 6.53. The van der Waals surface area contributed by atoms with E-state index in [1.807, 2.05) is 0 Å². The Morgan fingerprint density at radius 1 is 0.500 bits per heavy atom. The molecular formula is C15H37O21P5S. The van der Waals surface area contributed by atoms with E-state index in [1.165, 1.54) is 20.8 Å². The molecule has 0 aliphatic carbocycles. The van der Waals surface area contributed by atoms with Crippen LogP contribution in [0.2, 0.25) is 0 Å². The number of hydrogen-bond donors (Lipinski definition) is 6. The van der Waals surface area contributed by atoms with E-state index >= 15 is 0 Å². The lowest BCUT2D eigenvalue weighted by molar-refractivity contribution is 0.0498. The number of rotatable bonds is 26. The molecule has 27 heteroatoms. The molecule has 0 spiro atoms. The van der Waals surface area contributed by atoms with E-state index < -0.39 is 97.6 Å². The van der Waals surface area contributed by atoms with E-state index in [1.54, 1.807) is 0 Å². The molecule has 0 radical (unpaired) electrons. The molecule has 5 unspecified atom stereocenters. The SMILES string of the molecule is CC(C)(C)OP(=O)(O)OCCOP(=O)(O)OCCOP(=O)(O)OCCOP(=O)(O)OCCOP(=O)(O)OCSCCO. The average Bonchev–Trinajstić information content (AvgIpc) is 2.82. The molecule has 6 N–H and O–H groups in total. The van der Waals surface area contributed by atoms with E-state index in [4.69, 9.17) is 9.63 Å². The zero-order valence-corrected chi connectivity index (χ0v) is 28.0. The third kappa shape index (κ3) is 26.1. The maximum Gasteiger partial charge on any atom is 0.473 e. The van der Waals surface area contributed by atoms with Gasteiger partial charge >= 0.3 is 39.1 Å². The van der Waals surface area contributed by atoms with Crippen molar-refractivity contribution in [3.8, 4) is 0 Å². The van der Waals surface area contributed by atoms with Crippen LogP contribution in [0.1, 0.15) is 20.8 Å². The zero-order valence-electron chi connectivity index (χ0n) is 22.7. The Balaban J connectivity index is 4.12. The van der Waals surface area contributed by atoms with Crippen LogP contribution in [0.15, 0.2) is 0 Å². The lowest BCUT2D eigenvalue weighted by atomic mass is 10.2. The van der Waals surface area contributed by atoms with Crippen molar-refractivity contribution in [1.29, 1.82) is 0 Å². The Hall–Kier alpha value is 0.860. The van der Waals surface area contributed by atoms with E-state index in [2.05, 4.69) is 40.7 Å². The molecule has 0 aromatic carbocycles. The van der Waals surface area contributed by atoms with Crippen molar-refractivity contribution in [2.24, 2.45) is 0 Å². The molecule has 0 aromatic heterocycles. The number of thioether (sulfide) groups is 1. The van der Waals surface area contributed by atoms with E-state index in [-0.39, 0.29) is 18.3 Å². The maximum absolute atomic E-state index is 11.8. The van der Waals surface area contributed by atoms with Gasteiger partial charge in [-0.3, -0.25) is 45.2 Å². The normalized spacial score (nSPS) is 19.7. The first-order valence-electron chi connectivity index (χ1n) is 11.4. The fourth-order valence-electron chi connectivity index (χ4n) is 1.97. The van der Waals surface area contributed by atoms with Gasteiger partial charge in [0.1, 0.15) is 5.94 Å². The van der Waals surface area contributed by atoms with Crippen LogP contribution in [0.4, 0.5) is 0 Å². The number of aliphatic hydroxyl groups is 1. The van der Waals surface area contributed by atoms with Crippen LogP contribution in [0.5, 0.6) is 0 Å². The van der Waals surface area contributed by atoms with Crippen LogP contribution in [0.25, 0.3) is 0 Å². The first-order valence-corrected chi connectivity index (χ1v) is 20.1. The second-order valence-corrected chi connectivity index (χ2v) is 16.3.